The Labute approximate surface area is 131 Å². The summed E-state index contributed by atoms with van der Waals surface area (Å²) in [5, 5.41) is 2.50. The van der Waals surface area contributed by atoms with Crippen LogP contribution in [-0.2, 0) is 9.59 Å². The van der Waals surface area contributed by atoms with E-state index in [1.165, 1.54) is 47.4 Å². The van der Waals surface area contributed by atoms with E-state index >= 15 is 0 Å². The fourth-order valence-corrected chi connectivity index (χ4v) is 2.55. The average Bonchev–Trinajstić information content (AvgIpc) is 2.92. The number of halogens is 2. The Bertz CT molecular complexity index is 747. The van der Waals surface area contributed by atoms with E-state index in [4.69, 9.17) is 0 Å². The van der Waals surface area contributed by atoms with Crippen molar-refractivity contribution in [2.75, 3.05) is 16.8 Å². The van der Waals surface area contributed by atoms with Crippen LogP contribution in [0.5, 0.6) is 0 Å². The molecule has 1 N–H and O–H groups in total. The Morgan fingerprint density at radius 3 is 2.48 bits per heavy atom. The summed E-state index contributed by atoms with van der Waals surface area (Å²) < 4.78 is 26.5. The SMILES string of the molecule is O=C(Nc1ccccc1F)[C@H]1CC(=O)N(c2ccc(F)cc2)C1. The lowest BCUT2D eigenvalue weighted by molar-refractivity contribution is -0.122. The van der Waals surface area contributed by atoms with Crippen LogP contribution >= 0.6 is 0 Å². The Kier molecular flexibility index (Phi) is 4.06. The van der Waals surface area contributed by atoms with Crippen molar-refractivity contribution in [3.05, 3.63) is 60.2 Å². The topological polar surface area (TPSA) is 49.4 Å². The van der Waals surface area contributed by atoms with Gasteiger partial charge in [0.05, 0.1) is 11.6 Å². The zero-order chi connectivity index (χ0) is 16.4. The van der Waals surface area contributed by atoms with Gasteiger partial charge in [-0.2, -0.15) is 0 Å². The number of hydrogen-bond donors (Lipinski definition) is 1. The van der Waals surface area contributed by atoms with Gasteiger partial charge in [-0.05, 0) is 36.4 Å². The van der Waals surface area contributed by atoms with Crippen LogP contribution in [0.25, 0.3) is 0 Å². The summed E-state index contributed by atoms with van der Waals surface area (Å²) in [6.45, 7) is 0.185. The van der Waals surface area contributed by atoms with Crippen LogP contribution in [0.15, 0.2) is 48.5 Å². The van der Waals surface area contributed by atoms with Crippen LogP contribution < -0.4 is 10.2 Å². The molecule has 0 aromatic heterocycles. The van der Waals surface area contributed by atoms with Gasteiger partial charge in [-0.1, -0.05) is 12.1 Å². The minimum Gasteiger partial charge on any atom is -0.323 e. The summed E-state index contributed by atoms with van der Waals surface area (Å²) in [6, 6.07) is 11.4. The largest absolute Gasteiger partial charge is 0.323 e. The molecule has 1 aliphatic rings. The van der Waals surface area contributed by atoms with Crippen molar-refractivity contribution < 1.29 is 18.4 Å². The summed E-state index contributed by atoms with van der Waals surface area (Å²) in [7, 11) is 0. The van der Waals surface area contributed by atoms with Gasteiger partial charge in [0.2, 0.25) is 11.8 Å². The van der Waals surface area contributed by atoms with E-state index in [2.05, 4.69) is 5.32 Å². The molecule has 4 nitrogen and oxygen atoms in total. The molecular formula is C17H14F2N2O2. The zero-order valence-electron chi connectivity index (χ0n) is 12.1. The molecule has 1 saturated heterocycles. The molecule has 1 heterocycles. The van der Waals surface area contributed by atoms with Crippen LogP contribution in [0.1, 0.15) is 6.42 Å². The predicted octanol–water partition coefficient (Wildman–Crippen LogP) is 2.96. The minimum atomic E-state index is -0.577. The van der Waals surface area contributed by atoms with Crippen molar-refractivity contribution in [3.63, 3.8) is 0 Å². The summed E-state index contributed by atoms with van der Waals surface area (Å²) in [5.74, 6) is -2.12. The fraction of sp³-hybridized carbons (Fsp3) is 0.176. The smallest absolute Gasteiger partial charge is 0.229 e. The quantitative estimate of drug-likeness (QED) is 0.946. The van der Waals surface area contributed by atoms with E-state index < -0.39 is 23.5 Å². The zero-order valence-corrected chi connectivity index (χ0v) is 12.1. The highest BCUT2D eigenvalue weighted by molar-refractivity contribution is 6.03. The van der Waals surface area contributed by atoms with Crippen molar-refractivity contribution in [2.24, 2.45) is 5.92 Å². The van der Waals surface area contributed by atoms with Gasteiger partial charge in [0.1, 0.15) is 11.6 Å². The Balaban J connectivity index is 1.71. The second-order valence-corrected chi connectivity index (χ2v) is 5.35. The van der Waals surface area contributed by atoms with Gasteiger partial charge in [-0.15, -0.1) is 0 Å². The van der Waals surface area contributed by atoms with E-state index in [9.17, 15) is 18.4 Å². The van der Waals surface area contributed by atoms with Crippen molar-refractivity contribution in [3.8, 4) is 0 Å². The first-order valence-electron chi connectivity index (χ1n) is 7.16. The first-order chi connectivity index (χ1) is 11.0. The Morgan fingerprint density at radius 1 is 1.09 bits per heavy atom. The maximum atomic E-state index is 13.6. The number of rotatable bonds is 3. The van der Waals surface area contributed by atoms with Gasteiger partial charge in [-0.25, -0.2) is 8.78 Å². The summed E-state index contributed by atoms with van der Waals surface area (Å²) in [6.07, 6.45) is 0.0393. The number of carbonyl (C=O) groups is 2. The van der Waals surface area contributed by atoms with Gasteiger partial charge >= 0.3 is 0 Å². The molecule has 0 radical (unpaired) electrons. The van der Waals surface area contributed by atoms with E-state index in [0.717, 1.165) is 0 Å². The highest BCUT2D eigenvalue weighted by Gasteiger charge is 2.35. The molecule has 1 aliphatic heterocycles. The maximum absolute atomic E-state index is 13.6. The molecule has 2 amide bonds. The molecule has 6 heteroatoms. The average molecular weight is 316 g/mol. The highest BCUT2D eigenvalue weighted by Crippen LogP contribution is 2.26. The lowest BCUT2D eigenvalue weighted by Gasteiger charge is -2.16. The molecule has 1 atom stereocenters. The molecule has 0 unspecified atom stereocenters. The number of amides is 2. The number of benzene rings is 2. The second-order valence-electron chi connectivity index (χ2n) is 5.35. The van der Waals surface area contributed by atoms with Gasteiger partial charge in [-0.3, -0.25) is 9.59 Å². The molecule has 1 fully saturated rings. The fourth-order valence-electron chi connectivity index (χ4n) is 2.55. The lowest BCUT2D eigenvalue weighted by Crippen LogP contribution is -2.28. The van der Waals surface area contributed by atoms with E-state index in [0.29, 0.717) is 5.69 Å². The second kappa shape index (κ2) is 6.16. The van der Waals surface area contributed by atoms with E-state index in [1.807, 2.05) is 0 Å². The molecule has 118 valence electrons. The van der Waals surface area contributed by atoms with Crippen LogP contribution in [0, 0.1) is 17.6 Å². The third-order valence-electron chi connectivity index (χ3n) is 3.77. The number of carbonyl (C=O) groups excluding carboxylic acids is 2. The third kappa shape index (κ3) is 3.21. The van der Waals surface area contributed by atoms with Gasteiger partial charge in [0.25, 0.3) is 0 Å². The van der Waals surface area contributed by atoms with Crippen LogP contribution in [0.4, 0.5) is 20.2 Å². The molecule has 0 aliphatic carbocycles. The molecule has 0 saturated carbocycles. The maximum Gasteiger partial charge on any atom is 0.229 e. The summed E-state index contributed by atoms with van der Waals surface area (Å²) in [5.41, 5.74) is 0.628. The van der Waals surface area contributed by atoms with Crippen LogP contribution in [0.2, 0.25) is 0 Å². The van der Waals surface area contributed by atoms with Crippen LogP contribution in [0.3, 0.4) is 0 Å². The van der Waals surface area contributed by atoms with E-state index in [-0.39, 0.29) is 24.6 Å². The molecule has 0 bridgehead atoms. The third-order valence-corrected chi connectivity index (χ3v) is 3.77. The van der Waals surface area contributed by atoms with Gasteiger partial charge in [0.15, 0.2) is 0 Å². The Hall–Kier alpha value is -2.76. The molecule has 0 spiro atoms. The number of para-hydroxylation sites is 1. The molecule has 3 rings (SSSR count). The minimum absolute atomic E-state index is 0.0393. The molecule has 2 aromatic carbocycles. The lowest BCUT2D eigenvalue weighted by atomic mass is 10.1. The first-order valence-corrected chi connectivity index (χ1v) is 7.16. The molecular weight excluding hydrogens is 302 g/mol. The number of hydrogen-bond acceptors (Lipinski definition) is 2. The Morgan fingerprint density at radius 2 is 1.78 bits per heavy atom. The van der Waals surface area contributed by atoms with Gasteiger partial charge in [0, 0.05) is 18.7 Å². The van der Waals surface area contributed by atoms with E-state index in [1.54, 1.807) is 6.07 Å². The molecule has 2 aromatic rings. The van der Waals surface area contributed by atoms with Crippen molar-refractivity contribution in [1.82, 2.24) is 0 Å². The first kappa shape index (κ1) is 15.1. The predicted molar refractivity (Wildman–Crippen MR) is 81.9 cm³/mol. The van der Waals surface area contributed by atoms with Crippen LogP contribution in [-0.4, -0.2) is 18.4 Å². The van der Waals surface area contributed by atoms with Crippen molar-refractivity contribution in [2.45, 2.75) is 6.42 Å². The summed E-state index contributed by atoms with van der Waals surface area (Å²) >= 11 is 0. The normalized spacial score (nSPS) is 17.4. The number of anilines is 2. The summed E-state index contributed by atoms with van der Waals surface area (Å²) in [4.78, 5) is 25.7. The highest BCUT2D eigenvalue weighted by atomic mass is 19.1. The monoisotopic (exact) mass is 316 g/mol. The van der Waals surface area contributed by atoms with Crippen molar-refractivity contribution >= 4 is 23.2 Å². The number of nitrogens with one attached hydrogen (secondary N) is 1. The molecule has 23 heavy (non-hydrogen) atoms. The number of nitrogens with zero attached hydrogens (tertiary/aromatic N) is 1. The van der Waals surface area contributed by atoms with Crippen molar-refractivity contribution in [1.29, 1.82) is 0 Å². The standard InChI is InChI=1S/C17H14F2N2O2/c18-12-5-7-13(8-6-12)21-10-11(9-16(21)22)17(23)20-15-4-2-1-3-14(15)19/h1-8,11H,9-10H2,(H,20,23)/t11-/m0/s1. The van der Waals surface area contributed by atoms with Gasteiger partial charge < -0.3 is 10.2 Å².